The standard InChI is InChI=1S/C28H27N3/c1-5-15-29-22(4)21(3)17-26(6-2)31-27-19-24(23-12-8-7-9-13-23)18-25(20-27)28-14-10-11-16-30-28/h5-20,31H,2-3H2,1,4H3/b15-5-,26-17+,29-22+. The Hall–Kier alpha value is -3.98. The number of nitrogens with one attached hydrogen (secondary N) is 1. The Morgan fingerprint density at radius 1 is 0.968 bits per heavy atom. The molecule has 0 aliphatic heterocycles. The number of allylic oxidation sites excluding steroid dienone is 4. The van der Waals surface area contributed by atoms with E-state index >= 15 is 0 Å². The monoisotopic (exact) mass is 405 g/mol. The van der Waals surface area contributed by atoms with Crippen molar-refractivity contribution < 1.29 is 0 Å². The normalized spacial score (nSPS) is 12.1. The van der Waals surface area contributed by atoms with Crippen molar-refractivity contribution in [2.75, 3.05) is 5.32 Å². The maximum atomic E-state index is 4.53. The number of hydrogen-bond acceptors (Lipinski definition) is 3. The molecule has 154 valence electrons. The zero-order chi connectivity index (χ0) is 22.1. The van der Waals surface area contributed by atoms with E-state index in [1.807, 2.05) is 68.6 Å². The van der Waals surface area contributed by atoms with Crippen LogP contribution in [0.25, 0.3) is 22.4 Å². The second-order valence-corrected chi connectivity index (χ2v) is 7.03. The van der Waals surface area contributed by atoms with Crippen molar-refractivity contribution in [1.82, 2.24) is 4.98 Å². The van der Waals surface area contributed by atoms with Gasteiger partial charge in [0.15, 0.2) is 0 Å². The third-order valence-electron chi connectivity index (χ3n) is 4.72. The lowest BCUT2D eigenvalue weighted by Gasteiger charge is -2.13. The summed E-state index contributed by atoms with van der Waals surface area (Å²) in [5.41, 5.74) is 7.69. The zero-order valence-corrected chi connectivity index (χ0v) is 18.0. The highest BCUT2D eigenvalue weighted by Gasteiger charge is 2.07. The third-order valence-corrected chi connectivity index (χ3v) is 4.72. The Balaban J connectivity index is 2.00. The number of nitrogens with zero attached hydrogens (tertiary/aromatic N) is 2. The van der Waals surface area contributed by atoms with Crippen molar-refractivity contribution in [2.45, 2.75) is 13.8 Å². The first kappa shape index (κ1) is 21.7. The van der Waals surface area contributed by atoms with Gasteiger partial charge in [0, 0.05) is 35.1 Å². The van der Waals surface area contributed by atoms with E-state index in [0.29, 0.717) is 0 Å². The molecule has 0 fully saturated rings. The molecule has 2 aromatic carbocycles. The fourth-order valence-corrected chi connectivity index (χ4v) is 3.05. The average molecular weight is 406 g/mol. The first-order valence-electron chi connectivity index (χ1n) is 10.2. The summed E-state index contributed by atoms with van der Waals surface area (Å²) in [5, 5.41) is 3.47. The molecule has 0 aliphatic carbocycles. The van der Waals surface area contributed by atoms with Gasteiger partial charge in [0.25, 0.3) is 0 Å². The van der Waals surface area contributed by atoms with Crippen LogP contribution in [0.5, 0.6) is 0 Å². The van der Waals surface area contributed by atoms with Crippen LogP contribution in [0.4, 0.5) is 5.69 Å². The van der Waals surface area contributed by atoms with Gasteiger partial charge in [-0.3, -0.25) is 9.98 Å². The molecule has 1 aromatic heterocycles. The molecule has 0 spiro atoms. The van der Waals surface area contributed by atoms with Crippen molar-refractivity contribution in [3.8, 4) is 22.4 Å². The van der Waals surface area contributed by atoms with Gasteiger partial charge in [0.1, 0.15) is 0 Å². The molecule has 0 bridgehead atoms. The summed E-state index contributed by atoms with van der Waals surface area (Å²) in [6.07, 6.45) is 9.19. The van der Waals surface area contributed by atoms with Crippen LogP contribution in [0.2, 0.25) is 0 Å². The van der Waals surface area contributed by atoms with Gasteiger partial charge in [0.05, 0.1) is 5.69 Å². The number of anilines is 1. The van der Waals surface area contributed by atoms with Crippen LogP contribution in [0.3, 0.4) is 0 Å². The van der Waals surface area contributed by atoms with E-state index in [-0.39, 0.29) is 0 Å². The lowest BCUT2D eigenvalue weighted by molar-refractivity contribution is 1.32. The molecule has 0 atom stereocenters. The van der Waals surface area contributed by atoms with Gasteiger partial charge in [-0.25, -0.2) is 0 Å². The van der Waals surface area contributed by atoms with Gasteiger partial charge in [-0.1, -0.05) is 55.6 Å². The van der Waals surface area contributed by atoms with Crippen molar-refractivity contribution in [1.29, 1.82) is 0 Å². The number of pyridine rings is 1. The van der Waals surface area contributed by atoms with E-state index in [4.69, 9.17) is 0 Å². The molecule has 3 rings (SSSR count). The van der Waals surface area contributed by atoms with Crippen LogP contribution in [-0.2, 0) is 0 Å². The molecule has 3 aromatic rings. The summed E-state index contributed by atoms with van der Waals surface area (Å²) < 4.78 is 0. The van der Waals surface area contributed by atoms with Crippen LogP contribution < -0.4 is 5.32 Å². The predicted molar refractivity (Wildman–Crippen MR) is 134 cm³/mol. The van der Waals surface area contributed by atoms with Crippen LogP contribution >= 0.6 is 0 Å². The molecule has 0 saturated carbocycles. The molecule has 1 heterocycles. The van der Waals surface area contributed by atoms with Crippen molar-refractivity contribution >= 4 is 11.4 Å². The summed E-state index contributed by atoms with van der Waals surface area (Å²) in [6.45, 7) is 12.0. The van der Waals surface area contributed by atoms with Gasteiger partial charge in [0.2, 0.25) is 0 Å². The molecule has 3 nitrogen and oxygen atoms in total. The lowest BCUT2D eigenvalue weighted by Crippen LogP contribution is -2.01. The minimum Gasteiger partial charge on any atom is -0.355 e. The van der Waals surface area contributed by atoms with Gasteiger partial charge in [-0.05, 0) is 73.0 Å². The second kappa shape index (κ2) is 10.7. The van der Waals surface area contributed by atoms with E-state index < -0.39 is 0 Å². The molecule has 31 heavy (non-hydrogen) atoms. The van der Waals surface area contributed by atoms with Crippen LogP contribution in [0, 0.1) is 0 Å². The van der Waals surface area contributed by atoms with Crippen molar-refractivity contribution in [3.63, 3.8) is 0 Å². The summed E-state index contributed by atoms with van der Waals surface area (Å²) >= 11 is 0. The average Bonchev–Trinajstić information content (AvgIpc) is 2.82. The maximum Gasteiger partial charge on any atom is 0.0702 e. The number of hydrogen-bond donors (Lipinski definition) is 1. The summed E-state index contributed by atoms with van der Waals surface area (Å²) in [7, 11) is 0. The SMILES string of the molecule is C=C/C(=C\C(=C)/C(C)=N/C=C\C)Nc1cc(-c2ccccc2)cc(-c2ccccn2)c1. The van der Waals surface area contributed by atoms with E-state index in [2.05, 4.69) is 58.8 Å². The highest BCUT2D eigenvalue weighted by atomic mass is 14.9. The molecule has 0 aliphatic rings. The largest absolute Gasteiger partial charge is 0.355 e. The van der Waals surface area contributed by atoms with Crippen molar-refractivity contribution in [2.24, 2.45) is 4.99 Å². The minimum absolute atomic E-state index is 0.824. The van der Waals surface area contributed by atoms with Gasteiger partial charge in [-0.2, -0.15) is 0 Å². The molecule has 1 N–H and O–H groups in total. The molecule has 0 unspecified atom stereocenters. The summed E-state index contributed by atoms with van der Waals surface area (Å²) in [5.74, 6) is 0. The van der Waals surface area contributed by atoms with E-state index in [0.717, 1.165) is 45.1 Å². The lowest BCUT2D eigenvalue weighted by atomic mass is 10.00. The molecule has 3 heteroatoms. The van der Waals surface area contributed by atoms with Crippen LogP contribution in [0.15, 0.2) is 127 Å². The summed E-state index contributed by atoms with van der Waals surface area (Å²) in [6, 6.07) is 22.6. The second-order valence-electron chi connectivity index (χ2n) is 7.03. The first-order chi connectivity index (χ1) is 15.1. The number of aromatic nitrogens is 1. The van der Waals surface area contributed by atoms with Gasteiger partial charge >= 0.3 is 0 Å². The number of rotatable bonds is 8. The number of benzene rings is 2. The Kier molecular flexibility index (Phi) is 7.50. The quantitative estimate of drug-likeness (QED) is 0.312. The maximum absolute atomic E-state index is 4.53. The van der Waals surface area contributed by atoms with Crippen LogP contribution in [-0.4, -0.2) is 10.7 Å². The smallest absolute Gasteiger partial charge is 0.0702 e. The van der Waals surface area contributed by atoms with E-state index in [1.165, 1.54) is 0 Å². The molecule has 0 radical (unpaired) electrons. The van der Waals surface area contributed by atoms with Gasteiger partial charge < -0.3 is 5.32 Å². The van der Waals surface area contributed by atoms with E-state index in [1.54, 1.807) is 12.3 Å². The highest BCUT2D eigenvalue weighted by molar-refractivity contribution is 6.00. The predicted octanol–water partition coefficient (Wildman–Crippen LogP) is 7.45. The fourth-order valence-electron chi connectivity index (χ4n) is 3.05. The van der Waals surface area contributed by atoms with E-state index in [9.17, 15) is 0 Å². The Bertz CT molecular complexity index is 1080. The first-order valence-corrected chi connectivity index (χ1v) is 10.2. The minimum atomic E-state index is 0.824. The summed E-state index contributed by atoms with van der Waals surface area (Å²) in [4.78, 5) is 8.89. The highest BCUT2D eigenvalue weighted by Crippen LogP contribution is 2.30. The number of aliphatic imine (C=N–C) groups is 1. The Labute approximate surface area is 184 Å². The zero-order valence-electron chi connectivity index (χ0n) is 18.0. The molecule has 0 amide bonds. The fraction of sp³-hybridized carbons (Fsp3) is 0.0714. The van der Waals surface area contributed by atoms with Crippen molar-refractivity contribution in [3.05, 3.63) is 122 Å². The van der Waals surface area contributed by atoms with Gasteiger partial charge in [-0.15, -0.1) is 0 Å². The molecular weight excluding hydrogens is 378 g/mol. The molecule has 0 saturated heterocycles. The third kappa shape index (κ3) is 6.00. The molecular formula is C28H27N3. The Morgan fingerprint density at radius 3 is 2.39 bits per heavy atom. The van der Waals surface area contributed by atoms with Crippen LogP contribution in [0.1, 0.15) is 13.8 Å². The topological polar surface area (TPSA) is 37.3 Å². The Morgan fingerprint density at radius 2 is 1.71 bits per heavy atom.